The predicted molar refractivity (Wildman–Crippen MR) is 115 cm³/mol. The van der Waals surface area contributed by atoms with Crippen LogP contribution in [0, 0.1) is 0 Å². The summed E-state index contributed by atoms with van der Waals surface area (Å²) < 4.78 is 29.5. The Morgan fingerprint density at radius 3 is 2.66 bits per heavy atom. The third-order valence-corrected chi connectivity index (χ3v) is 6.77. The highest BCUT2D eigenvalue weighted by molar-refractivity contribution is 7.91. The number of azide groups is 1. The molecule has 8 nitrogen and oxygen atoms in total. The Hall–Kier alpha value is -2.09. The first-order valence-corrected chi connectivity index (χ1v) is 11.7. The number of halogens is 1. The molecule has 10 heteroatoms. The van der Waals surface area contributed by atoms with Crippen LogP contribution in [0.25, 0.3) is 21.2 Å². The second kappa shape index (κ2) is 9.15. The van der Waals surface area contributed by atoms with Gasteiger partial charge in [-0.2, -0.15) is 0 Å². The van der Waals surface area contributed by atoms with E-state index in [4.69, 9.17) is 21.9 Å². The summed E-state index contributed by atoms with van der Waals surface area (Å²) in [5, 5.41) is 5.16. The lowest BCUT2D eigenvalue weighted by Gasteiger charge is -2.25. The molecule has 2 heterocycles. The molecule has 0 aliphatic rings. The van der Waals surface area contributed by atoms with Gasteiger partial charge in [-0.15, -0.1) is 0 Å². The van der Waals surface area contributed by atoms with Gasteiger partial charge < -0.3 is 4.74 Å². The van der Waals surface area contributed by atoms with Crippen LogP contribution in [0.2, 0.25) is 5.15 Å². The molecule has 0 amide bonds. The minimum Gasteiger partial charge on any atom is -0.474 e. The molecule has 0 N–H and O–H groups in total. The summed E-state index contributed by atoms with van der Waals surface area (Å²) >= 11 is 6.06. The molecule has 158 valence electrons. The molecule has 0 radical (unpaired) electrons. The first-order valence-electron chi connectivity index (χ1n) is 9.38. The fourth-order valence-electron chi connectivity index (χ4n) is 3.15. The number of sulfone groups is 1. The maximum atomic E-state index is 11.8. The van der Waals surface area contributed by atoms with Gasteiger partial charge in [0.15, 0.2) is 0 Å². The Kier molecular flexibility index (Phi) is 7.32. The van der Waals surface area contributed by atoms with Crippen LogP contribution in [0.1, 0.15) is 52.7 Å². The number of pyridine rings is 2. The highest BCUT2D eigenvalue weighted by atomic mass is 35.5. The monoisotopic (exact) mass is 439 g/mol. The van der Waals surface area contributed by atoms with E-state index in [2.05, 4.69) is 20.0 Å². The zero-order valence-corrected chi connectivity index (χ0v) is 18.8. The van der Waals surface area contributed by atoms with Crippen LogP contribution >= 0.6 is 11.6 Å². The highest BCUT2D eigenvalue weighted by Gasteiger charge is 2.28. The quantitative estimate of drug-likeness (QED) is 0.230. The van der Waals surface area contributed by atoms with Gasteiger partial charge in [0, 0.05) is 23.8 Å². The largest absolute Gasteiger partial charge is 0.474 e. The van der Waals surface area contributed by atoms with Crippen LogP contribution in [0.5, 0.6) is 5.88 Å². The summed E-state index contributed by atoms with van der Waals surface area (Å²) in [5.41, 5.74) is 8.76. The molecule has 0 aliphatic carbocycles. The van der Waals surface area contributed by atoms with Crippen molar-refractivity contribution >= 4 is 32.2 Å². The SMILES string of the molecule is CCC[C@@](C)(N=[N+]=[N-])c1cc2cc(Cl)ncc2c(O[C@H](C)C[C@@H](C)S(C)(=O)=O)n1. The molecule has 0 saturated carbocycles. The van der Waals surface area contributed by atoms with E-state index < -0.39 is 26.7 Å². The van der Waals surface area contributed by atoms with E-state index in [1.54, 1.807) is 26.1 Å². The smallest absolute Gasteiger partial charge is 0.223 e. The Bertz CT molecular complexity index is 1040. The molecule has 3 atom stereocenters. The van der Waals surface area contributed by atoms with Crippen molar-refractivity contribution in [2.75, 3.05) is 6.26 Å². The van der Waals surface area contributed by atoms with Crippen molar-refractivity contribution in [3.8, 4) is 5.88 Å². The Balaban J connectivity index is 2.54. The number of nitrogens with zero attached hydrogens (tertiary/aromatic N) is 5. The molecule has 0 saturated heterocycles. The van der Waals surface area contributed by atoms with Gasteiger partial charge in [0.2, 0.25) is 5.88 Å². The van der Waals surface area contributed by atoms with Crippen molar-refractivity contribution in [1.82, 2.24) is 9.97 Å². The maximum absolute atomic E-state index is 11.8. The Morgan fingerprint density at radius 2 is 2.07 bits per heavy atom. The molecular formula is C19H26ClN5O3S. The molecule has 29 heavy (non-hydrogen) atoms. The maximum Gasteiger partial charge on any atom is 0.223 e. The van der Waals surface area contributed by atoms with Gasteiger partial charge in [-0.3, -0.25) is 0 Å². The number of rotatable bonds is 9. The average molecular weight is 440 g/mol. The molecule has 0 spiro atoms. The molecule has 0 aromatic carbocycles. The Morgan fingerprint density at radius 1 is 1.38 bits per heavy atom. The lowest BCUT2D eigenvalue weighted by Crippen LogP contribution is -2.25. The van der Waals surface area contributed by atoms with E-state index in [1.807, 2.05) is 19.9 Å². The summed E-state index contributed by atoms with van der Waals surface area (Å²) in [7, 11) is -3.17. The Labute approximate surface area is 176 Å². The molecule has 0 bridgehead atoms. The third-order valence-electron chi connectivity index (χ3n) is 4.91. The van der Waals surface area contributed by atoms with Gasteiger partial charge in [0.25, 0.3) is 0 Å². The van der Waals surface area contributed by atoms with Crippen molar-refractivity contribution in [2.45, 2.75) is 63.9 Å². The summed E-state index contributed by atoms with van der Waals surface area (Å²) in [6.45, 7) is 7.27. The summed E-state index contributed by atoms with van der Waals surface area (Å²) in [6.07, 6.45) is 4.09. The first-order chi connectivity index (χ1) is 13.5. The summed E-state index contributed by atoms with van der Waals surface area (Å²) in [6, 6.07) is 3.52. The van der Waals surface area contributed by atoms with Gasteiger partial charge in [-0.25, -0.2) is 18.4 Å². The van der Waals surface area contributed by atoms with Gasteiger partial charge >= 0.3 is 0 Å². The second-order valence-corrected chi connectivity index (χ2v) is 10.4. The van der Waals surface area contributed by atoms with E-state index in [-0.39, 0.29) is 0 Å². The summed E-state index contributed by atoms with van der Waals surface area (Å²) in [5.74, 6) is 0.310. The van der Waals surface area contributed by atoms with Crippen LogP contribution < -0.4 is 4.74 Å². The van der Waals surface area contributed by atoms with E-state index in [1.165, 1.54) is 6.26 Å². The lowest BCUT2D eigenvalue weighted by molar-refractivity contribution is 0.203. The number of aromatic nitrogens is 2. The zero-order chi connectivity index (χ0) is 21.8. The second-order valence-electron chi connectivity index (χ2n) is 7.56. The van der Waals surface area contributed by atoms with Crippen molar-refractivity contribution in [3.05, 3.63) is 39.6 Å². The van der Waals surface area contributed by atoms with Crippen LogP contribution in [0.4, 0.5) is 0 Å². The van der Waals surface area contributed by atoms with Crippen LogP contribution in [0.15, 0.2) is 23.4 Å². The van der Waals surface area contributed by atoms with Crippen molar-refractivity contribution in [3.63, 3.8) is 0 Å². The lowest BCUT2D eigenvalue weighted by atomic mass is 9.92. The van der Waals surface area contributed by atoms with Crippen LogP contribution in [-0.2, 0) is 15.4 Å². The van der Waals surface area contributed by atoms with Crippen molar-refractivity contribution in [1.29, 1.82) is 0 Å². The van der Waals surface area contributed by atoms with Crippen LogP contribution in [-0.4, -0.2) is 36.0 Å². The fourth-order valence-corrected chi connectivity index (χ4v) is 3.94. The van der Waals surface area contributed by atoms with E-state index in [0.29, 0.717) is 35.0 Å². The third kappa shape index (κ3) is 5.72. The molecule has 0 aliphatic heterocycles. The molecular weight excluding hydrogens is 414 g/mol. The highest BCUT2D eigenvalue weighted by Crippen LogP contribution is 2.35. The van der Waals surface area contributed by atoms with Gasteiger partial charge in [-0.05, 0) is 50.2 Å². The van der Waals surface area contributed by atoms with E-state index in [9.17, 15) is 8.42 Å². The number of fused-ring (bicyclic) bond motifs is 1. The van der Waals surface area contributed by atoms with E-state index in [0.717, 1.165) is 11.8 Å². The predicted octanol–water partition coefficient (Wildman–Crippen LogP) is 5.20. The van der Waals surface area contributed by atoms with Crippen LogP contribution in [0.3, 0.4) is 0 Å². The molecule has 2 aromatic rings. The van der Waals surface area contributed by atoms with Gasteiger partial charge in [-0.1, -0.05) is 30.1 Å². The normalized spacial score (nSPS) is 15.9. The number of hydrogen-bond donors (Lipinski definition) is 0. The summed E-state index contributed by atoms with van der Waals surface area (Å²) in [4.78, 5) is 11.7. The molecule has 2 rings (SSSR count). The average Bonchev–Trinajstić information content (AvgIpc) is 2.60. The van der Waals surface area contributed by atoms with Gasteiger partial charge in [0.1, 0.15) is 15.0 Å². The molecule has 0 fully saturated rings. The van der Waals surface area contributed by atoms with Crippen molar-refractivity contribution < 1.29 is 13.2 Å². The van der Waals surface area contributed by atoms with E-state index >= 15 is 0 Å². The molecule has 2 aromatic heterocycles. The minimum absolute atomic E-state index is 0.310. The standard InChI is InChI=1S/C19H26ClN5O3S/c1-6-7-19(4,24-25-21)16-9-14-10-17(20)22-11-15(14)18(23-16)28-12(2)8-13(3)29(5,26)27/h9-13H,6-8H2,1-5H3/t12-,13-,19-/m1/s1. The fraction of sp³-hybridized carbons (Fsp3) is 0.579. The number of hydrogen-bond acceptors (Lipinski definition) is 6. The first kappa shape index (κ1) is 23.2. The zero-order valence-electron chi connectivity index (χ0n) is 17.3. The number of ether oxygens (including phenoxy) is 1. The minimum atomic E-state index is -3.17. The topological polar surface area (TPSA) is 118 Å². The van der Waals surface area contributed by atoms with Gasteiger partial charge in [0.05, 0.1) is 28.0 Å². The molecule has 0 unspecified atom stereocenters. The van der Waals surface area contributed by atoms with Crippen molar-refractivity contribution in [2.24, 2.45) is 5.11 Å².